The number of anilines is 2. The maximum Gasteiger partial charge on any atom is 0.262 e. The second-order valence-electron chi connectivity index (χ2n) is 4.22. The fourth-order valence-electron chi connectivity index (χ4n) is 1.73. The van der Waals surface area contributed by atoms with Gasteiger partial charge in [0.05, 0.1) is 16.3 Å². The molecular weight excluding hydrogens is 311 g/mol. The van der Waals surface area contributed by atoms with Gasteiger partial charge in [0.2, 0.25) is 0 Å². The molecule has 0 unspecified atom stereocenters. The lowest BCUT2D eigenvalue weighted by Gasteiger charge is -2.12. The summed E-state index contributed by atoms with van der Waals surface area (Å²) in [6, 6.07) is 10.4. The molecule has 0 saturated heterocycles. The molecule has 3 N–H and O–H groups in total. The lowest BCUT2D eigenvalue weighted by Crippen LogP contribution is -2.14. The Labute approximate surface area is 127 Å². The summed E-state index contributed by atoms with van der Waals surface area (Å²) >= 11 is 1.53. The van der Waals surface area contributed by atoms with Crippen LogP contribution in [-0.2, 0) is 10.0 Å². The van der Waals surface area contributed by atoms with Gasteiger partial charge in [-0.05, 0) is 36.1 Å². The number of hydrogen-bond donors (Lipinski definition) is 2. The van der Waals surface area contributed by atoms with Crippen molar-refractivity contribution in [3.63, 3.8) is 0 Å². The highest BCUT2D eigenvalue weighted by atomic mass is 32.2. The van der Waals surface area contributed by atoms with Crippen LogP contribution in [-0.4, -0.2) is 14.2 Å². The highest BCUT2D eigenvalue weighted by Crippen LogP contribution is 2.29. The molecule has 2 aromatic carbocycles. The van der Waals surface area contributed by atoms with Crippen molar-refractivity contribution in [3.8, 4) is 0 Å². The lowest BCUT2D eigenvalue weighted by atomic mass is 10.3. The molecule has 2 aromatic rings. The highest BCUT2D eigenvalue weighted by molar-refractivity contribution is 7.99. The first-order chi connectivity index (χ1) is 9.94. The molecule has 0 aliphatic rings. The summed E-state index contributed by atoms with van der Waals surface area (Å²) < 4.78 is 40.3. The van der Waals surface area contributed by atoms with Crippen LogP contribution in [0.3, 0.4) is 0 Å². The van der Waals surface area contributed by atoms with Crippen molar-refractivity contribution in [2.45, 2.75) is 16.7 Å². The van der Waals surface area contributed by atoms with E-state index in [-0.39, 0.29) is 10.6 Å². The van der Waals surface area contributed by atoms with Gasteiger partial charge >= 0.3 is 0 Å². The average molecular weight is 326 g/mol. The summed E-state index contributed by atoms with van der Waals surface area (Å²) in [6.45, 7) is 1.98. The van der Waals surface area contributed by atoms with Crippen LogP contribution in [0.5, 0.6) is 0 Å². The Morgan fingerprint density at radius 1 is 1.24 bits per heavy atom. The topological polar surface area (TPSA) is 72.2 Å². The Morgan fingerprint density at radius 2 is 1.95 bits per heavy atom. The van der Waals surface area contributed by atoms with E-state index in [1.165, 1.54) is 17.8 Å². The number of thioether (sulfide) groups is 1. The molecule has 21 heavy (non-hydrogen) atoms. The molecule has 0 radical (unpaired) electrons. The van der Waals surface area contributed by atoms with Gasteiger partial charge in [-0.3, -0.25) is 4.72 Å². The Hall–Kier alpha value is -1.73. The number of rotatable bonds is 5. The van der Waals surface area contributed by atoms with E-state index in [1.807, 2.05) is 19.1 Å². The minimum absolute atomic E-state index is 0.0716. The van der Waals surface area contributed by atoms with Gasteiger partial charge in [0.15, 0.2) is 0 Å². The fraction of sp³-hybridized carbons (Fsp3) is 0.143. The van der Waals surface area contributed by atoms with E-state index in [2.05, 4.69) is 4.72 Å². The molecule has 0 aliphatic heterocycles. The third kappa shape index (κ3) is 3.68. The van der Waals surface area contributed by atoms with Crippen LogP contribution >= 0.6 is 11.8 Å². The van der Waals surface area contributed by atoms with Gasteiger partial charge in [-0.25, -0.2) is 12.8 Å². The number of sulfonamides is 1. The fourth-order valence-corrected chi connectivity index (χ4v) is 3.66. The van der Waals surface area contributed by atoms with Crippen LogP contribution in [0.15, 0.2) is 52.3 Å². The zero-order valence-electron chi connectivity index (χ0n) is 11.3. The monoisotopic (exact) mass is 326 g/mol. The van der Waals surface area contributed by atoms with Crippen molar-refractivity contribution < 1.29 is 12.8 Å². The highest BCUT2D eigenvalue weighted by Gasteiger charge is 2.17. The zero-order chi connectivity index (χ0) is 15.5. The molecule has 0 aromatic heterocycles. The number of nitrogens with two attached hydrogens (primary N) is 1. The Morgan fingerprint density at radius 3 is 2.62 bits per heavy atom. The van der Waals surface area contributed by atoms with Crippen molar-refractivity contribution >= 4 is 33.2 Å². The number of halogens is 1. The molecule has 0 atom stereocenters. The van der Waals surface area contributed by atoms with E-state index in [4.69, 9.17) is 5.73 Å². The van der Waals surface area contributed by atoms with Gasteiger partial charge in [-0.15, -0.1) is 11.8 Å². The molecule has 7 heteroatoms. The molecule has 4 nitrogen and oxygen atoms in total. The summed E-state index contributed by atoms with van der Waals surface area (Å²) in [6.07, 6.45) is 0. The van der Waals surface area contributed by atoms with Crippen LogP contribution in [0.2, 0.25) is 0 Å². The molecule has 0 bridgehead atoms. The molecule has 0 amide bonds. The number of nitrogens with one attached hydrogen (secondary N) is 1. The maximum atomic E-state index is 13.1. The normalized spacial score (nSPS) is 11.3. The van der Waals surface area contributed by atoms with Crippen molar-refractivity contribution in [2.75, 3.05) is 16.2 Å². The summed E-state index contributed by atoms with van der Waals surface area (Å²) in [5.74, 6) is 0.179. The molecule has 0 saturated carbocycles. The first-order valence-electron chi connectivity index (χ1n) is 6.23. The van der Waals surface area contributed by atoms with Crippen molar-refractivity contribution in [1.29, 1.82) is 0 Å². The van der Waals surface area contributed by atoms with E-state index >= 15 is 0 Å². The van der Waals surface area contributed by atoms with E-state index < -0.39 is 15.8 Å². The maximum absolute atomic E-state index is 13.1. The molecule has 2 rings (SSSR count). The first kappa shape index (κ1) is 15.7. The predicted octanol–water partition coefficient (Wildman–Crippen LogP) is 3.32. The van der Waals surface area contributed by atoms with Crippen LogP contribution < -0.4 is 10.5 Å². The minimum Gasteiger partial charge on any atom is -0.396 e. The first-order valence-corrected chi connectivity index (χ1v) is 8.70. The summed E-state index contributed by atoms with van der Waals surface area (Å²) in [4.78, 5) is 0.761. The summed E-state index contributed by atoms with van der Waals surface area (Å²) in [5, 5.41) is 0. The van der Waals surface area contributed by atoms with Crippen molar-refractivity contribution in [3.05, 3.63) is 48.3 Å². The predicted molar refractivity (Wildman–Crippen MR) is 84.5 cm³/mol. The third-order valence-corrected chi connectivity index (χ3v) is 5.03. The van der Waals surface area contributed by atoms with E-state index in [0.29, 0.717) is 5.69 Å². The number of nitrogen functional groups attached to an aromatic ring is 1. The quantitative estimate of drug-likeness (QED) is 0.653. The molecule has 0 heterocycles. The Kier molecular flexibility index (Phi) is 4.74. The standard InChI is InChI=1S/C14H15FN2O2S2/c1-2-20-14-6-4-3-5-13(14)17-21(18,19)10-7-8-11(15)12(16)9-10/h3-9,17H,2,16H2,1H3. The molecule has 0 spiro atoms. The number of benzene rings is 2. The van der Waals surface area contributed by atoms with E-state index in [9.17, 15) is 12.8 Å². The second kappa shape index (κ2) is 6.36. The molecule has 0 fully saturated rings. The largest absolute Gasteiger partial charge is 0.396 e. The SMILES string of the molecule is CCSc1ccccc1NS(=O)(=O)c1ccc(F)c(N)c1. The Bertz CT molecular complexity index is 748. The average Bonchev–Trinajstić information content (AvgIpc) is 2.44. The smallest absolute Gasteiger partial charge is 0.262 e. The molecule has 112 valence electrons. The van der Waals surface area contributed by atoms with Crippen LogP contribution in [0.1, 0.15) is 6.92 Å². The second-order valence-corrected chi connectivity index (χ2v) is 7.21. The number of para-hydroxylation sites is 1. The summed E-state index contributed by atoms with van der Waals surface area (Å²) in [5.41, 5.74) is 5.71. The van der Waals surface area contributed by atoms with Crippen LogP contribution in [0, 0.1) is 5.82 Å². The minimum atomic E-state index is -3.80. The van der Waals surface area contributed by atoms with Gasteiger partial charge in [0, 0.05) is 4.90 Å². The third-order valence-electron chi connectivity index (χ3n) is 2.71. The van der Waals surface area contributed by atoms with Crippen molar-refractivity contribution in [2.24, 2.45) is 0 Å². The van der Waals surface area contributed by atoms with Gasteiger partial charge in [-0.2, -0.15) is 0 Å². The Balaban J connectivity index is 2.35. The zero-order valence-corrected chi connectivity index (χ0v) is 13.0. The molecule has 0 aliphatic carbocycles. The van der Waals surface area contributed by atoms with Crippen molar-refractivity contribution in [1.82, 2.24) is 0 Å². The van der Waals surface area contributed by atoms with Crippen LogP contribution in [0.4, 0.5) is 15.8 Å². The van der Waals surface area contributed by atoms with Crippen LogP contribution in [0.25, 0.3) is 0 Å². The lowest BCUT2D eigenvalue weighted by molar-refractivity contribution is 0.600. The summed E-state index contributed by atoms with van der Waals surface area (Å²) in [7, 11) is -3.80. The van der Waals surface area contributed by atoms with Gasteiger partial charge in [-0.1, -0.05) is 19.1 Å². The van der Waals surface area contributed by atoms with Gasteiger partial charge in [0.25, 0.3) is 10.0 Å². The molecular formula is C14H15FN2O2S2. The van der Waals surface area contributed by atoms with Gasteiger partial charge < -0.3 is 5.73 Å². The number of hydrogen-bond acceptors (Lipinski definition) is 4. The van der Waals surface area contributed by atoms with E-state index in [0.717, 1.165) is 22.8 Å². The van der Waals surface area contributed by atoms with E-state index in [1.54, 1.807) is 12.1 Å². The van der Waals surface area contributed by atoms with Gasteiger partial charge in [0.1, 0.15) is 5.82 Å².